The molecule has 2 aliphatic rings. The summed E-state index contributed by atoms with van der Waals surface area (Å²) < 4.78 is 5.78. The summed E-state index contributed by atoms with van der Waals surface area (Å²) in [4.78, 5) is 22.4. The van der Waals surface area contributed by atoms with Gasteiger partial charge in [0.2, 0.25) is 0 Å². The van der Waals surface area contributed by atoms with Crippen molar-refractivity contribution in [1.82, 2.24) is 25.5 Å². The number of carbonyl (C=O) groups excluding carboxylic acids is 1. The zero-order valence-corrected chi connectivity index (χ0v) is 21.7. The van der Waals surface area contributed by atoms with E-state index in [0.29, 0.717) is 35.2 Å². The highest BCUT2D eigenvalue weighted by Gasteiger charge is 2.37. The topological polar surface area (TPSA) is 105 Å². The number of piperidine rings is 1. The molecular formula is C29H29ClN6O2. The predicted molar refractivity (Wildman–Crippen MR) is 147 cm³/mol. The Kier molecular flexibility index (Phi) is 6.82. The van der Waals surface area contributed by atoms with Crippen LogP contribution in [0.5, 0.6) is 5.75 Å². The van der Waals surface area contributed by atoms with Gasteiger partial charge < -0.3 is 15.4 Å². The molecule has 0 bridgehead atoms. The SMILES string of the molecule is O=C(C[C@H]1CCOc2c(Cl)cccc21)c1cccc(NC2(c3nc(-c4ccncc4)n[nH]3)CCNCC2)c1. The molecule has 38 heavy (non-hydrogen) atoms. The van der Waals surface area contributed by atoms with Crippen LogP contribution in [-0.4, -0.2) is 45.6 Å². The molecule has 2 aliphatic heterocycles. The van der Waals surface area contributed by atoms with E-state index in [4.69, 9.17) is 21.3 Å². The number of carbonyl (C=O) groups is 1. The van der Waals surface area contributed by atoms with Crippen LogP contribution in [0, 0.1) is 0 Å². The highest BCUT2D eigenvalue weighted by atomic mass is 35.5. The Morgan fingerprint density at radius 2 is 1.92 bits per heavy atom. The van der Waals surface area contributed by atoms with Crippen LogP contribution in [0.4, 0.5) is 5.69 Å². The zero-order valence-electron chi connectivity index (χ0n) is 20.9. The molecule has 0 aliphatic carbocycles. The quantitative estimate of drug-likeness (QED) is 0.278. The normalized spacial score (nSPS) is 18.3. The Bertz CT molecular complexity index is 1430. The number of nitrogens with one attached hydrogen (secondary N) is 3. The van der Waals surface area contributed by atoms with Gasteiger partial charge in [-0.15, -0.1) is 0 Å². The molecule has 1 saturated heterocycles. The van der Waals surface area contributed by atoms with E-state index < -0.39 is 5.54 Å². The maximum absolute atomic E-state index is 13.4. The molecule has 0 spiro atoms. The van der Waals surface area contributed by atoms with Gasteiger partial charge in [-0.25, -0.2) is 4.98 Å². The number of ketones is 1. The fraction of sp³-hybridized carbons (Fsp3) is 0.310. The van der Waals surface area contributed by atoms with Crippen LogP contribution >= 0.6 is 11.6 Å². The van der Waals surface area contributed by atoms with E-state index in [1.54, 1.807) is 12.4 Å². The lowest BCUT2D eigenvalue weighted by Gasteiger charge is -2.37. The van der Waals surface area contributed by atoms with Crippen LogP contribution in [-0.2, 0) is 5.54 Å². The molecule has 2 aromatic heterocycles. The number of pyridine rings is 1. The Balaban J connectivity index is 1.23. The molecule has 0 radical (unpaired) electrons. The Labute approximate surface area is 226 Å². The average Bonchev–Trinajstić information content (AvgIpc) is 3.46. The number of fused-ring (bicyclic) bond motifs is 1. The lowest BCUT2D eigenvalue weighted by atomic mass is 9.86. The van der Waals surface area contributed by atoms with Crippen molar-refractivity contribution in [1.29, 1.82) is 0 Å². The van der Waals surface area contributed by atoms with Gasteiger partial charge in [0.15, 0.2) is 17.4 Å². The minimum absolute atomic E-state index is 0.0816. The highest BCUT2D eigenvalue weighted by Crippen LogP contribution is 2.41. The summed E-state index contributed by atoms with van der Waals surface area (Å²) in [6.45, 7) is 2.26. The first-order valence-electron chi connectivity index (χ1n) is 13.0. The van der Waals surface area contributed by atoms with Crippen molar-refractivity contribution in [2.24, 2.45) is 0 Å². The minimum Gasteiger partial charge on any atom is -0.492 e. The van der Waals surface area contributed by atoms with Crippen molar-refractivity contribution in [2.45, 2.75) is 37.1 Å². The van der Waals surface area contributed by atoms with Gasteiger partial charge >= 0.3 is 0 Å². The number of benzene rings is 2. The van der Waals surface area contributed by atoms with Gasteiger partial charge in [0.1, 0.15) is 5.75 Å². The molecule has 8 nitrogen and oxygen atoms in total. The maximum Gasteiger partial charge on any atom is 0.181 e. The number of H-pyrrole nitrogens is 1. The van der Waals surface area contributed by atoms with E-state index in [9.17, 15) is 4.79 Å². The summed E-state index contributed by atoms with van der Waals surface area (Å²) in [7, 11) is 0. The Hall–Kier alpha value is -3.75. The molecule has 2 aromatic carbocycles. The number of Topliss-reactive ketones (excluding diaryl/α,β-unsaturated/α-hetero) is 1. The minimum atomic E-state index is -0.429. The second-order valence-corrected chi connectivity index (χ2v) is 10.3. The van der Waals surface area contributed by atoms with E-state index in [-0.39, 0.29) is 11.7 Å². The van der Waals surface area contributed by atoms with Gasteiger partial charge in [-0.3, -0.25) is 14.9 Å². The van der Waals surface area contributed by atoms with Crippen molar-refractivity contribution in [3.8, 4) is 17.1 Å². The predicted octanol–water partition coefficient (Wildman–Crippen LogP) is 5.35. The lowest BCUT2D eigenvalue weighted by Crippen LogP contribution is -2.46. The Morgan fingerprint density at radius 1 is 1.11 bits per heavy atom. The van der Waals surface area contributed by atoms with Gasteiger partial charge in [-0.1, -0.05) is 35.9 Å². The maximum atomic E-state index is 13.4. The molecule has 0 amide bonds. The van der Waals surface area contributed by atoms with Gasteiger partial charge in [-0.2, -0.15) is 5.10 Å². The third-order valence-corrected chi connectivity index (χ3v) is 7.78. The van der Waals surface area contributed by atoms with E-state index in [1.165, 1.54) is 0 Å². The molecule has 9 heteroatoms. The number of aromatic nitrogens is 4. The van der Waals surface area contributed by atoms with Crippen molar-refractivity contribution >= 4 is 23.1 Å². The third-order valence-electron chi connectivity index (χ3n) is 7.48. The molecule has 4 heterocycles. The monoisotopic (exact) mass is 528 g/mol. The first-order valence-corrected chi connectivity index (χ1v) is 13.4. The first kappa shape index (κ1) is 24.6. The number of para-hydroxylation sites is 1. The summed E-state index contributed by atoms with van der Waals surface area (Å²) in [5.41, 5.74) is 3.06. The van der Waals surface area contributed by atoms with E-state index in [2.05, 4.69) is 25.8 Å². The summed E-state index contributed by atoms with van der Waals surface area (Å²) in [6.07, 6.45) is 6.33. The van der Waals surface area contributed by atoms with Crippen LogP contribution in [0.2, 0.25) is 5.02 Å². The van der Waals surface area contributed by atoms with Gasteiger partial charge in [0.05, 0.1) is 17.2 Å². The summed E-state index contributed by atoms with van der Waals surface area (Å²) in [6, 6.07) is 17.3. The number of nitrogens with zero attached hydrogens (tertiary/aromatic N) is 3. The second-order valence-electron chi connectivity index (χ2n) is 9.90. The van der Waals surface area contributed by atoms with Gasteiger partial charge in [0, 0.05) is 35.6 Å². The fourth-order valence-corrected chi connectivity index (χ4v) is 5.68. The molecule has 1 fully saturated rings. The summed E-state index contributed by atoms with van der Waals surface area (Å²) >= 11 is 6.34. The standard InChI is InChI=1S/C29H29ClN6O2/c30-24-6-2-5-23-20(9-16-38-26(23)24)18-25(37)21-3-1-4-22(17-21)34-29(10-14-32-15-11-29)28-33-27(35-36-28)19-7-12-31-13-8-19/h1-8,12-13,17,20,32,34H,9-11,14-16,18H2,(H,33,35,36)/t20-/m1/s1. The van der Waals surface area contributed by atoms with Crippen LogP contribution in [0.15, 0.2) is 67.0 Å². The molecule has 6 rings (SSSR count). The van der Waals surface area contributed by atoms with Gasteiger partial charge in [-0.05, 0) is 74.2 Å². The average molecular weight is 529 g/mol. The van der Waals surface area contributed by atoms with Crippen molar-refractivity contribution in [2.75, 3.05) is 25.0 Å². The van der Waals surface area contributed by atoms with Crippen LogP contribution in [0.1, 0.15) is 53.3 Å². The number of hydrogen-bond donors (Lipinski definition) is 3. The molecule has 1 atom stereocenters. The summed E-state index contributed by atoms with van der Waals surface area (Å²) in [5, 5.41) is 15.4. The number of rotatable bonds is 7. The zero-order chi connectivity index (χ0) is 26.0. The number of halogens is 1. The first-order chi connectivity index (χ1) is 18.6. The van der Waals surface area contributed by atoms with Crippen molar-refractivity contribution in [3.63, 3.8) is 0 Å². The molecule has 0 unspecified atom stereocenters. The molecule has 194 valence electrons. The van der Waals surface area contributed by atoms with Crippen LogP contribution in [0.25, 0.3) is 11.4 Å². The van der Waals surface area contributed by atoms with E-state index in [1.807, 2.05) is 54.6 Å². The smallest absolute Gasteiger partial charge is 0.181 e. The molecular weight excluding hydrogens is 500 g/mol. The molecule has 3 N–H and O–H groups in total. The van der Waals surface area contributed by atoms with E-state index >= 15 is 0 Å². The number of aromatic amines is 1. The van der Waals surface area contributed by atoms with Crippen LogP contribution in [0.3, 0.4) is 0 Å². The van der Waals surface area contributed by atoms with E-state index in [0.717, 1.165) is 55.0 Å². The number of ether oxygens (including phenoxy) is 1. The van der Waals surface area contributed by atoms with Crippen LogP contribution < -0.4 is 15.4 Å². The highest BCUT2D eigenvalue weighted by molar-refractivity contribution is 6.32. The number of anilines is 1. The van der Waals surface area contributed by atoms with Crippen molar-refractivity contribution < 1.29 is 9.53 Å². The second kappa shape index (κ2) is 10.6. The fourth-order valence-electron chi connectivity index (χ4n) is 5.44. The molecule has 0 saturated carbocycles. The van der Waals surface area contributed by atoms with Crippen molar-refractivity contribution in [3.05, 3.63) is 89.0 Å². The summed E-state index contributed by atoms with van der Waals surface area (Å²) in [5.74, 6) is 2.32. The Morgan fingerprint density at radius 3 is 2.76 bits per heavy atom. The lowest BCUT2D eigenvalue weighted by molar-refractivity contribution is 0.0966. The van der Waals surface area contributed by atoms with Gasteiger partial charge in [0.25, 0.3) is 0 Å². The third kappa shape index (κ3) is 4.89. The largest absolute Gasteiger partial charge is 0.492 e. The molecule has 4 aromatic rings. The number of hydrogen-bond acceptors (Lipinski definition) is 7.